The third kappa shape index (κ3) is 4.48. The molecule has 0 aliphatic carbocycles. The number of aliphatic carboxylic acids is 1. The molecule has 1 aromatic carbocycles. The summed E-state index contributed by atoms with van der Waals surface area (Å²) < 4.78 is 10.4. The minimum atomic E-state index is -0.906. The molecule has 0 saturated carbocycles. The number of unbranched alkanes of at least 4 members (excludes halogenated alkanes) is 3. The normalized spacial score (nSPS) is 11.8. The van der Waals surface area contributed by atoms with E-state index < -0.39 is 11.9 Å². The number of carbonyl (C=O) groups excluding carboxylic acids is 1. The molecule has 0 fully saturated rings. The van der Waals surface area contributed by atoms with Crippen LogP contribution in [0, 0.1) is 0 Å². The van der Waals surface area contributed by atoms with Crippen LogP contribution in [-0.4, -0.2) is 31.6 Å². The van der Waals surface area contributed by atoms with E-state index in [0.29, 0.717) is 35.3 Å². The predicted molar refractivity (Wildman–Crippen MR) is 84.1 cm³/mol. The van der Waals surface area contributed by atoms with E-state index in [4.69, 9.17) is 9.47 Å². The Hall–Kier alpha value is -2.04. The lowest BCUT2D eigenvalue weighted by Gasteiger charge is -2.18. The molecule has 1 N–H and O–H groups in total. The van der Waals surface area contributed by atoms with Crippen molar-refractivity contribution in [1.29, 1.82) is 0 Å². The first kappa shape index (κ1) is 18.0. The number of methoxy groups -OCH3 is 2. The van der Waals surface area contributed by atoms with E-state index in [1.54, 1.807) is 12.1 Å². The van der Waals surface area contributed by atoms with Crippen LogP contribution in [0.1, 0.15) is 60.9 Å². The number of benzene rings is 1. The number of ether oxygens (including phenoxy) is 2. The molecule has 0 spiro atoms. The molecule has 0 aromatic heterocycles. The second kappa shape index (κ2) is 9.07. The fourth-order valence-corrected chi connectivity index (χ4v) is 2.50. The van der Waals surface area contributed by atoms with Gasteiger partial charge in [-0.05, 0) is 12.5 Å². The molecule has 0 bridgehead atoms. The third-order valence-electron chi connectivity index (χ3n) is 3.73. The van der Waals surface area contributed by atoms with Crippen molar-refractivity contribution in [1.82, 2.24) is 0 Å². The van der Waals surface area contributed by atoms with Crippen LogP contribution in [0.5, 0.6) is 11.5 Å². The minimum Gasteiger partial charge on any atom is -0.496 e. The lowest BCUT2D eigenvalue weighted by Crippen LogP contribution is -2.13. The highest BCUT2D eigenvalue weighted by Gasteiger charge is 2.25. The van der Waals surface area contributed by atoms with Gasteiger partial charge in [0, 0.05) is 11.6 Å². The summed E-state index contributed by atoms with van der Waals surface area (Å²) in [5.74, 6) is -0.774. The Morgan fingerprint density at radius 3 is 2.36 bits per heavy atom. The molecular formula is C17H24O5. The molecule has 1 aromatic rings. The van der Waals surface area contributed by atoms with Gasteiger partial charge < -0.3 is 14.6 Å². The topological polar surface area (TPSA) is 72.8 Å². The maximum atomic E-state index is 11.6. The van der Waals surface area contributed by atoms with Gasteiger partial charge in [0.15, 0.2) is 6.29 Å². The monoisotopic (exact) mass is 308 g/mol. The molecule has 5 nitrogen and oxygen atoms in total. The average molecular weight is 308 g/mol. The predicted octanol–water partition coefficient (Wildman–Crippen LogP) is 3.65. The van der Waals surface area contributed by atoms with Crippen molar-refractivity contribution >= 4 is 12.3 Å². The van der Waals surface area contributed by atoms with Gasteiger partial charge in [-0.3, -0.25) is 9.59 Å². The van der Waals surface area contributed by atoms with Crippen LogP contribution in [0.4, 0.5) is 0 Å². The number of aldehydes is 1. The number of hydrogen-bond acceptors (Lipinski definition) is 4. The van der Waals surface area contributed by atoms with Crippen molar-refractivity contribution in [2.24, 2.45) is 0 Å². The Labute approximate surface area is 131 Å². The molecule has 0 heterocycles. The molecule has 0 aliphatic rings. The number of rotatable bonds is 10. The zero-order valence-electron chi connectivity index (χ0n) is 13.4. The maximum absolute atomic E-state index is 11.6. The van der Waals surface area contributed by atoms with Gasteiger partial charge in [-0.1, -0.05) is 32.6 Å². The average Bonchev–Trinajstić information content (AvgIpc) is 2.53. The summed E-state index contributed by atoms with van der Waals surface area (Å²) in [6.07, 6.45) is 5.20. The van der Waals surface area contributed by atoms with Crippen molar-refractivity contribution < 1.29 is 24.2 Å². The van der Waals surface area contributed by atoms with Crippen LogP contribution in [0.25, 0.3) is 0 Å². The maximum Gasteiger partial charge on any atom is 0.311 e. The van der Waals surface area contributed by atoms with Gasteiger partial charge in [0.25, 0.3) is 0 Å². The number of carbonyl (C=O) groups is 2. The molecule has 0 saturated heterocycles. The Morgan fingerprint density at radius 2 is 1.86 bits per heavy atom. The van der Waals surface area contributed by atoms with Crippen LogP contribution in [0.3, 0.4) is 0 Å². The molecule has 122 valence electrons. The van der Waals surface area contributed by atoms with E-state index in [1.807, 2.05) is 0 Å². The summed E-state index contributed by atoms with van der Waals surface area (Å²) in [5, 5.41) is 9.52. The van der Waals surface area contributed by atoms with E-state index >= 15 is 0 Å². The molecule has 0 aliphatic heterocycles. The Balaban J connectivity index is 3.11. The lowest BCUT2D eigenvalue weighted by atomic mass is 9.91. The van der Waals surface area contributed by atoms with Gasteiger partial charge in [0.2, 0.25) is 0 Å². The minimum absolute atomic E-state index is 0.332. The zero-order valence-corrected chi connectivity index (χ0v) is 13.4. The number of hydrogen-bond donors (Lipinski definition) is 1. The van der Waals surface area contributed by atoms with Crippen molar-refractivity contribution in [2.45, 2.75) is 44.9 Å². The van der Waals surface area contributed by atoms with Crippen molar-refractivity contribution in [3.63, 3.8) is 0 Å². The van der Waals surface area contributed by atoms with Crippen LogP contribution >= 0.6 is 0 Å². The summed E-state index contributed by atoms with van der Waals surface area (Å²) >= 11 is 0. The van der Waals surface area contributed by atoms with Crippen molar-refractivity contribution in [2.75, 3.05) is 14.2 Å². The Kier molecular flexibility index (Phi) is 7.43. The summed E-state index contributed by atoms with van der Waals surface area (Å²) in [6.45, 7) is 2.11. The Morgan fingerprint density at radius 1 is 1.18 bits per heavy atom. The highest BCUT2D eigenvalue weighted by molar-refractivity contribution is 5.83. The SMILES string of the molecule is CCCCCCC(C(=O)O)c1cc(C=O)c(OC)cc1OC. The van der Waals surface area contributed by atoms with Crippen LogP contribution in [0.2, 0.25) is 0 Å². The van der Waals surface area contributed by atoms with Gasteiger partial charge in [0.05, 0.1) is 25.7 Å². The summed E-state index contributed by atoms with van der Waals surface area (Å²) in [6, 6.07) is 3.13. The van der Waals surface area contributed by atoms with Crippen molar-refractivity contribution in [3.8, 4) is 11.5 Å². The van der Waals surface area contributed by atoms with Crippen LogP contribution < -0.4 is 9.47 Å². The quantitative estimate of drug-likeness (QED) is 0.527. The molecule has 5 heteroatoms. The third-order valence-corrected chi connectivity index (χ3v) is 3.73. The molecule has 0 radical (unpaired) electrons. The first-order chi connectivity index (χ1) is 10.6. The number of carboxylic acids is 1. The molecule has 1 atom stereocenters. The smallest absolute Gasteiger partial charge is 0.311 e. The van der Waals surface area contributed by atoms with E-state index in [-0.39, 0.29) is 0 Å². The Bertz CT molecular complexity index is 510. The van der Waals surface area contributed by atoms with E-state index in [1.165, 1.54) is 14.2 Å². The fraction of sp³-hybridized carbons (Fsp3) is 0.529. The summed E-state index contributed by atoms with van der Waals surface area (Å²) in [7, 11) is 2.94. The van der Waals surface area contributed by atoms with Gasteiger partial charge in [-0.2, -0.15) is 0 Å². The molecule has 22 heavy (non-hydrogen) atoms. The summed E-state index contributed by atoms with van der Waals surface area (Å²) in [4.78, 5) is 22.8. The lowest BCUT2D eigenvalue weighted by molar-refractivity contribution is -0.139. The first-order valence-electron chi connectivity index (χ1n) is 7.52. The van der Waals surface area contributed by atoms with E-state index in [0.717, 1.165) is 25.7 Å². The standard InChI is InChI=1S/C17H24O5/c1-4-5-6-7-8-13(17(19)20)14-9-12(11-18)15(21-2)10-16(14)22-3/h9-11,13H,4-8H2,1-3H3,(H,19,20). The van der Waals surface area contributed by atoms with Gasteiger partial charge >= 0.3 is 5.97 Å². The highest BCUT2D eigenvalue weighted by atomic mass is 16.5. The zero-order chi connectivity index (χ0) is 16.5. The summed E-state index contributed by atoms with van der Waals surface area (Å²) in [5.41, 5.74) is 0.854. The van der Waals surface area contributed by atoms with Crippen LogP contribution in [-0.2, 0) is 4.79 Å². The van der Waals surface area contributed by atoms with E-state index in [2.05, 4.69) is 6.92 Å². The van der Waals surface area contributed by atoms with E-state index in [9.17, 15) is 14.7 Å². The van der Waals surface area contributed by atoms with Crippen LogP contribution in [0.15, 0.2) is 12.1 Å². The van der Waals surface area contributed by atoms with Gasteiger partial charge in [-0.25, -0.2) is 0 Å². The first-order valence-corrected chi connectivity index (χ1v) is 7.52. The largest absolute Gasteiger partial charge is 0.496 e. The second-order valence-corrected chi connectivity index (χ2v) is 5.19. The fourth-order valence-electron chi connectivity index (χ4n) is 2.50. The second-order valence-electron chi connectivity index (χ2n) is 5.19. The van der Waals surface area contributed by atoms with Gasteiger partial charge in [-0.15, -0.1) is 0 Å². The highest BCUT2D eigenvalue weighted by Crippen LogP contribution is 2.35. The molecular weight excluding hydrogens is 284 g/mol. The van der Waals surface area contributed by atoms with Gasteiger partial charge in [0.1, 0.15) is 11.5 Å². The molecule has 0 amide bonds. The van der Waals surface area contributed by atoms with Crippen molar-refractivity contribution in [3.05, 3.63) is 23.3 Å². The molecule has 1 rings (SSSR count). The number of carboxylic acid groups (broad SMARTS) is 1. The molecule has 1 unspecified atom stereocenters.